The largest absolute Gasteiger partial charge is 0.378 e. The first-order valence-electron chi connectivity index (χ1n) is 17.8. The second-order valence-corrected chi connectivity index (χ2v) is 13.1. The van der Waals surface area contributed by atoms with E-state index in [4.69, 9.17) is 4.74 Å². The molecule has 18 nitrogen and oxygen atoms in total. The maximum atomic E-state index is 13.6. The highest BCUT2D eigenvalue weighted by atomic mass is 16.5. The van der Waals surface area contributed by atoms with Crippen molar-refractivity contribution >= 4 is 41.4 Å². The van der Waals surface area contributed by atoms with Crippen LogP contribution in [0.25, 0.3) is 0 Å². The number of hydrogen-bond donors (Lipinski definition) is 8. The molecule has 1 rings (SSSR count). The second-order valence-electron chi connectivity index (χ2n) is 13.1. The Morgan fingerprint density at radius 3 is 1.88 bits per heavy atom. The first-order chi connectivity index (χ1) is 24.6. The maximum absolute atomic E-state index is 13.6. The van der Waals surface area contributed by atoms with Crippen LogP contribution in [-0.2, 0) is 44.7 Å². The van der Waals surface area contributed by atoms with E-state index in [-0.39, 0.29) is 68.8 Å². The lowest BCUT2D eigenvalue weighted by Gasteiger charge is -2.28. The molecule has 18 heteroatoms. The zero-order valence-electron chi connectivity index (χ0n) is 31.7. The third kappa shape index (κ3) is 20.3. The second kappa shape index (κ2) is 25.4. The van der Waals surface area contributed by atoms with E-state index < -0.39 is 41.8 Å². The third-order valence-corrected chi connectivity index (χ3v) is 7.89. The van der Waals surface area contributed by atoms with Gasteiger partial charge >= 0.3 is 0 Å². The fourth-order valence-corrected chi connectivity index (χ4v) is 5.03. The van der Waals surface area contributed by atoms with E-state index >= 15 is 0 Å². The molecule has 294 valence electrons. The molecule has 0 saturated carbocycles. The van der Waals surface area contributed by atoms with Crippen molar-refractivity contribution in [2.45, 2.75) is 85.9 Å². The van der Waals surface area contributed by atoms with Gasteiger partial charge in [0.15, 0.2) is 0 Å². The van der Waals surface area contributed by atoms with Crippen molar-refractivity contribution in [3.8, 4) is 0 Å². The molecule has 7 amide bonds. The molecule has 1 heterocycles. The van der Waals surface area contributed by atoms with Crippen LogP contribution in [0.2, 0.25) is 0 Å². The van der Waals surface area contributed by atoms with Crippen LogP contribution in [0.4, 0.5) is 0 Å². The first kappa shape index (κ1) is 45.4. The van der Waals surface area contributed by atoms with Gasteiger partial charge in [0.1, 0.15) is 18.1 Å². The summed E-state index contributed by atoms with van der Waals surface area (Å²) in [6, 6.07) is -2.78. The quantitative estimate of drug-likeness (QED) is 0.0504. The van der Waals surface area contributed by atoms with Gasteiger partial charge in [-0.3, -0.25) is 38.5 Å². The smallest absolute Gasteiger partial charge is 0.243 e. The van der Waals surface area contributed by atoms with Gasteiger partial charge in [0.25, 0.3) is 0 Å². The summed E-state index contributed by atoms with van der Waals surface area (Å²) >= 11 is 0. The van der Waals surface area contributed by atoms with Crippen molar-refractivity contribution in [1.29, 1.82) is 0 Å². The maximum Gasteiger partial charge on any atom is 0.243 e. The molecule has 52 heavy (non-hydrogen) atoms. The van der Waals surface area contributed by atoms with Crippen molar-refractivity contribution < 1.29 is 38.3 Å². The molecule has 0 fully saturated rings. The molecule has 0 aliphatic rings. The van der Waals surface area contributed by atoms with Crippen LogP contribution in [-0.4, -0.2) is 133 Å². The molecule has 8 N–H and O–H groups in total. The number of aromatic nitrogens is 2. The fourth-order valence-electron chi connectivity index (χ4n) is 5.03. The topological polar surface area (TPSA) is 245 Å². The van der Waals surface area contributed by atoms with Gasteiger partial charge in [-0.05, 0) is 18.3 Å². The van der Waals surface area contributed by atoms with Crippen molar-refractivity contribution in [2.24, 2.45) is 11.8 Å². The Labute approximate surface area is 306 Å². The molecule has 0 radical (unpaired) electrons. The van der Waals surface area contributed by atoms with E-state index in [1.807, 2.05) is 32.6 Å². The number of carbonyl (C=O) groups is 7. The Hall–Kier alpha value is -4.58. The van der Waals surface area contributed by atoms with Crippen LogP contribution in [0, 0.1) is 11.8 Å². The number of nitrogens with zero attached hydrogens (tertiary/aromatic N) is 2. The van der Waals surface area contributed by atoms with Gasteiger partial charge < -0.3 is 46.9 Å². The highest BCUT2D eigenvalue weighted by molar-refractivity contribution is 5.94. The summed E-state index contributed by atoms with van der Waals surface area (Å²) in [5, 5.41) is 19.2. The Balaban J connectivity index is 2.64. The van der Waals surface area contributed by atoms with Crippen molar-refractivity contribution in [3.63, 3.8) is 0 Å². The third-order valence-electron chi connectivity index (χ3n) is 7.89. The molecule has 0 saturated heterocycles. The molecule has 0 aromatic carbocycles. The van der Waals surface area contributed by atoms with Gasteiger partial charge in [-0.25, -0.2) is 4.98 Å². The molecule has 1 aromatic rings. The monoisotopic (exact) mass is 736 g/mol. The standard InChI is InChI=1S/C34H60N10O8/c1-8-23(4)31(43-33(50)29(41-26(7)47)18-27-19-35-21-40-27)34(51)42-28(17-22(2)3)32(49)39-12-16-52-15-11-38-30(48)20-44(13-9-36-24(5)45)14-10-37-25(6)46/h19,21-23,28-29,31H,8-18,20H2,1-7H3,(H,35,40)(H,36,45)(H,37,46)(H,38,48)(H,39,49)(H,41,47)(H,42,51)(H,43,50)/t23?,28-,29-,31-/m0/s1. The molecule has 0 spiro atoms. The molecule has 1 unspecified atom stereocenters. The zero-order chi connectivity index (χ0) is 39.1. The summed E-state index contributed by atoms with van der Waals surface area (Å²) in [6.07, 6.45) is 4.09. The van der Waals surface area contributed by atoms with Crippen LogP contribution in [0.5, 0.6) is 0 Å². The van der Waals surface area contributed by atoms with Crippen LogP contribution in [0.1, 0.15) is 67.0 Å². The van der Waals surface area contributed by atoms with Crippen LogP contribution in [0.3, 0.4) is 0 Å². The minimum absolute atomic E-state index is 0.0674. The van der Waals surface area contributed by atoms with Gasteiger partial charge in [-0.15, -0.1) is 0 Å². The van der Waals surface area contributed by atoms with Crippen molar-refractivity contribution in [3.05, 3.63) is 18.2 Å². The summed E-state index contributed by atoms with van der Waals surface area (Å²) < 4.78 is 5.57. The number of imidazole rings is 1. The van der Waals surface area contributed by atoms with Crippen molar-refractivity contribution in [2.75, 3.05) is 59.0 Å². The van der Waals surface area contributed by atoms with Gasteiger partial charge in [0.2, 0.25) is 41.4 Å². The fraction of sp³-hybridized carbons (Fsp3) is 0.706. The van der Waals surface area contributed by atoms with E-state index in [9.17, 15) is 33.6 Å². The normalized spacial score (nSPS) is 13.3. The molecular weight excluding hydrogens is 676 g/mol. The first-order valence-corrected chi connectivity index (χ1v) is 17.8. The Morgan fingerprint density at radius 2 is 1.37 bits per heavy atom. The average molecular weight is 737 g/mol. The number of nitrogens with one attached hydrogen (secondary N) is 8. The minimum Gasteiger partial charge on any atom is -0.378 e. The molecule has 0 bridgehead atoms. The lowest BCUT2D eigenvalue weighted by Crippen LogP contribution is -2.59. The van der Waals surface area contributed by atoms with E-state index in [2.05, 4.69) is 47.2 Å². The number of carbonyl (C=O) groups excluding carboxylic acids is 7. The average Bonchev–Trinajstić information content (AvgIpc) is 3.57. The number of H-pyrrole nitrogens is 1. The SMILES string of the molecule is CCC(C)[C@H](NC(=O)[C@H](Cc1cnc[nH]1)NC(C)=O)C(=O)N[C@@H](CC(C)C)C(=O)NCCOCCNC(=O)CN(CCNC(C)=O)CCNC(C)=O. The lowest BCUT2D eigenvalue weighted by atomic mass is 9.96. The van der Waals surface area contributed by atoms with E-state index in [1.54, 1.807) is 6.20 Å². The number of ether oxygens (including phenoxy) is 1. The van der Waals surface area contributed by atoms with Gasteiger partial charge in [0, 0.05) is 78.4 Å². The predicted molar refractivity (Wildman–Crippen MR) is 193 cm³/mol. The van der Waals surface area contributed by atoms with Gasteiger partial charge in [0.05, 0.1) is 26.1 Å². The predicted octanol–water partition coefficient (Wildman–Crippen LogP) is -1.66. The van der Waals surface area contributed by atoms with E-state index in [1.165, 1.54) is 27.1 Å². The molecule has 0 aliphatic carbocycles. The molecule has 4 atom stereocenters. The van der Waals surface area contributed by atoms with E-state index in [0.29, 0.717) is 44.7 Å². The molecule has 0 aliphatic heterocycles. The minimum atomic E-state index is -0.960. The van der Waals surface area contributed by atoms with Gasteiger partial charge in [-0.2, -0.15) is 0 Å². The Morgan fingerprint density at radius 1 is 0.750 bits per heavy atom. The summed E-state index contributed by atoms with van der Waals surface area (Å²) in [5.41, 5.74) is 0.635. The van der Waals surface area contributed by atoms with Crippen molar-refractivity contribution in [1.82, 2.24) is 52.1 Å². The Bertz CT molecular complexity index is 1260. The summed E-state index contributed by atoms with van der Waals surface area (Å²) in [7, 11) is 0. The highest BCUT2D eigenvalue weighted by Crippen LogP contribution is 2.12. The molecule has 1 aromatic heterocycles. The van der Waals surface area contributed by atoms with E-state index in [0.717, 1.165) is 0 Å². The summed E-state index contributed by atoms with van der Waals surface area (Å²) in [5.74, 6) is -2.65. The Kier molecular flexibility index (Phi) is 22.2. The summed E-state index contributed by atoms with van der Waals surface area (Å²) in [6.45, 7) is 14.1. The zero-order valence-corrected chi connectivity index (χ0v) is 31.7. The van der Waals surface area contributed by atoms with Crippen LogP contribution >= 0.6 is 0 Å². The number of amides is 7. The number of rotatable bonds is 26. The lowest BCUT2D eigenvalue weighted by molar-refractivity contribution is -0.134. The number of aromatic amines is 1. The van der Waals surface area contributed by atoms with Crippen LogP contribution in [0.15, 0.2) is 12.5 Å². The summed E-state index contributed by atoms with van der Waals surface area (Å²) in [4.78, 5) is 95.4. The number of hydrogen-bond acceptors (Lipinski definition) is 10. The molecular formula is C34H60N10O8. The highest BCUT2D eigenvalue weighted by Gasteiger charge is 2.32. The van der Waals surface area contributed by atoms with Gasteiger partial charge in [-0.1, -0.05) is 34.1 Å². The van der Waals surface area contributed by atoms with Crippen LogP contribution < -0.4 is 37.2 Å².